The fourth-order valence-electron chi connectivity index (χ4n) is 3.56. The molecule has 2 aromatic rings. The van der Waals surface area contributed by atoms with Gasteiger partial charge in [0.1, 0.15) is 11.3 Å². The van der Waals surface area contributed by atoms with Gasteiger partial charge in [0, 0.05) is 19.3 Å². The van der Waals surface area contributed by atoms with Crippen LogP contribution < -0.4 is 21.0 Å². The maximum absolute atomic E-state index is 13.0. The summed E-state index contributed by atoms with van der Waals surface area (Å²) in [7, 11) is 1.62. The Morgan fingerprint density at radius 1 is 1.18 bits per heavy atom. The van der Waals surface area contributed by atoms with E-state index in [4.69, 9.17) is 4.74 Å². The summed E-state index contributed by atoms with van der Waals surface area (Å²) in [6, 6.07) is 7.53. The van der Waals surface area contributed by atoms with Crippen LogP contribution in [0.1, 0.15) is 59.7 Å². The maximum Gasteiger partial charge on any atom is 0.281 e. The fourth-order valence-corrected chi connectivity index (χ4v) is 3.56. The summed E-state index contributed by atoms with van der Waals surface area (Å²) in [6.07, 6.45) is 7.69. The van der Waals surface area contributed by atoms with Crippen molar-refractivity contribution >= 4 is 5.91 Å². The lowest BCUT2D eigenvalue weighted by Gasteiger charge is -2.21. The van der Waals surface area contributed by atoms with Crippen LogP contribution in [0.25, 0.3) is 0 Å². The van der Waals surface area contributed by atoms with Gasteiger partial charge in [-0.15, -0.1) is 0 Å². The monoisotopic (exact) mass is 383 g/mol. The minimum absolute atomic E-state index is 0.260. The number of ether oxygens (including phenoxy) is 1. The van der Waals surface area contributed by atoms with E-state index in [0.29, 0.717) is 13.1 Å². The van der Waals surface area contributed by atoms with Crippen LogP contribution in [-0.4, -0.2) is 24.2 Å². The molecule has 0 atom stereocenters. The second kappa shape index (κ2) is 9.44. The number of aryl methyl sites for hydroxylation is 1. The van der Waals surface area contributed by atoms with E-state index < -0.39 is 0 Å². The first kappa shape index (κ1) is 20.0. The molecule has 0 saturated heterocycles. The smallest absolute Gasteiger partial charge is 0.281 e. The van der Waals surface area contributed by atoms with Crippen molar-refractivity contribution in [1.82, 2.24) is 9.99 Å². The van der Waals surface area contributed by atoms with E-state index in [1.807, 2.05) is 30.5 Å². The molecule has 0 fully saturated rings. The van der Waals surface area contributed by atoms with Crippen LogP contribution in [0.2, 0.25) is 0 Å². The van der Waals surface area contributed by atoms with Crippen molar-refractivity contribution in [2.24, 2.45) is 0 Å². The molecule has 6 nitrogen and oxygen atoms in total. The lowest BCUT2D eigenvalue weighted by atomic mass is 9.89. The number of hydrogen-bond acceptors (Lipinski definition) is 4. The number of hydrogen-bond donors (Lipinski definition) is 2. The maximum atomic E-state index is 13.0. The highest BCUT2D eigenvalue weighted by atomic mass is 16.5. The average Bonchev–Trinajstić information content (AvgIpc) is 2.73. The first-order valence-electron chi connectivity index (χ1n) is 10.1. The van der Waals surface area contributed by atoms with Gasteiger partial charge >= 0.3 is 0 Å². The summed E-state index contributed by atoms with van der Waals surface area (Å²) in [6.45, 7) is 3.19. The molecule has 0 spiro atoms. The van der Waals surface area contributed by atoms with E-state index in [9.17, 15) is 9.59 Å². The number of nitrogens with zero attached hydrogens (tertiary/aromatic N) is 1. The molecule has 1 aromatic carbocycles. The van der Waals surface area contributed by atoms with Crippen LogP contribution >= 0.6 is 0 Å². The third kappa shape index (κ3) is 4.55. The molecule has 1 aliphatic rings. The largest absolute Gasteiger partial charge is 0.497 e. The molecule has 0 unspecified atom stereocenters. The molecule has 3 rings (SSSR count). The molecule has 0 radical (unpaired) electrons. The summed E-state index contributed by atoms with van der Waals surface area (Å²) in [5, 5.41) is 2.92. The van der Waals surface area contributed by atoms with Crippen LogP contribution in [0.3, 0.4) is 0 Å². The average molecular weight is 383 g/mol. The minimum Gasteiger partial charge on any atom is -0.497 e. The van der Waals surface area contributed by atoms with Gasteiger partial charge in [0.25, 0.3) is 11.5 Å². The molecule has 0 bridgehead atoms. The molecule has 6 heteroatoms. The highest BCUT2D eigenvalue weighted by Crippen LogP contribution is 2.22. The number of amides is 1. The Morgan fingerprint density at radius 2 is 1.93 bits per heavy atom. The number of unbranched alkanes of at least 4 members (excludes halogenated alkanes) is 1. The number of aromatic nitrogens is 1. The van der Waals surface area contributed by atoms with Gasteiger partial charge in [0.2, 0.25) is 0 Å². The molecule has 1 amide bonds. The lowest BCUT2D eigenvalue weighted by Crippen LogP contribution is -2.39. The van der Waals surface area contributed by atoms with Crippen LogP contribution in [0.15, 0.2) is 35.3 Å². The number of carbonyl (C=O) groups is 1. The van der Waals surface area contributed by atoms with Gasteiger partial charge < -0.3 is 15.5 Å². The van der Waals surface area contributed by atoms with Gasteiger partial charge in [0.05, 0.1) is 7.11 Å². The minimum atomic E-state index is -0.300. The Labute approximate surface area is 165 Å². The normalized spacial score (nSPS) is 12.9. The van der Waals surface area contributed by atoms with Gasteiger partial charge in [-0.2, -0.15) is 0 Å². The van der Waals surface area contributed by atoms with Gasteiger partial charge in [-0.25, -0.2) is 4.68 Å². The number of fused-ring (bicyclic) bond motifs is 1. The molecule has 0 aliphatic heterocycles. The molecule has 150 valence electrons. The second-order valence-electron chi connectivity index (χ2n) is 7.18. The van der Waals surface area contributed by atoms with Gasteiger partial charge in [-0.05, 0) is 60.9 Å². The number of rotatable bonds is 8. The van der Waals surface area contributed by atoms with E-state index in [1.165, 1.54) is 4.68 Å². The summed E-state index contributed by atoms with van der Waals surface area (Å²) in [5.41, 5.74) is 6.16. The molecule has 1 aromatic heterocycles. The van der Waals surface area contributed by atoms with Crippen LogP contribution in [0.5, 0.6) is 5.75 Å². The third-order valence-electron chi connectivity index (χ3n) is 5.18. The summed E-state index contributed by atoms with van der Waals surface area (Å²) >= 11 is 0. The molecular weight excluding hydrogens is 354 g/mol. The van der Waals surface area contributed by atoms with Crippen LogP contribution in [0.4, 0.5) is 0 Å². The molecule has 2 N–H and O–H groups in total. The first-order chi connectivity index (χ1) is 13.6. The van der Waals surface area contributed by atoms with E-state index in [-0.39, 0.29) is 17.0 Å². The van der Waals surface area contributed by atoms with E-state index >= 15 is 0 Å². The Bertz CT molecular complexity index is 872. The number of pyridine rings is 1. The quantitative estimate of drug-likeness (QED) is 0.688. The zero-order valence-corrected chi connectivity index (χ0v) is 16.7. The standard InChI is InChI=1S/C22H29N3O3/c1-3-4-13-24-25-15-17-7-5-6-8-19(17)20(22(25)27)21(26)23-14-16-9-11-18(28-2)12-10-16/h9-12,15,24H,3-8,13-14H2,1-2H3,(H,23,26). The summed E-state index contributed by atoms with van der Waals surface area (Å²) < 4.78 is 6.66. The zero-order chi connectivity index (χ0) is 19.9. The highest BCUT2D eigenvalue weighted by molar-refractivity contribution is 5.95. The second-order valence-corrected chi connectivity index (χ2v) is 7.18. The topological polar surface area (TPSA) is 72.4 Å². The Balaban J connectivity index is 1.82. The van der Waals surface area contributed by atoms with Crippen LogP contribution in [-0.2, 0) is 19.4 Å². The predicted molar refractivity (Wildman–Crippen MR) is 111 cm³/mol. The van der Waals surface area contributed by atoms with Crippen molar-refractivity contribution in [2.75, 3.05) is 19.1 Å². The van der Waals surface area contributed by atoms with Crippen molar-refractivity contribution in [3.63, 3.8) is 0 Å². The highest BCUT2D eigenvalue weighted by Gasteiger charge is 2.23. The van der Waals surface area contributed by atoms with Crippen LogP contribution in [0, 0.1) is 0 Å². The number of methoxy groups -OCH3 is 1. The molecule has 28 heavy (non-hydrogen) atoms. The number of benzene rings is 1. The van der Waals surface area contributed by atoms with E-state index in [1.54, 1.807) is 7.11 Å². The van der Waals surface area contributed by atoms with Crippen molar-refractivity contribution in [3.05, 3.63) is 63.1 Å². The summed E-state index contributed by atoms with van der Waals surface area (Å²) in [5.74, 6) is 0.471. The van der Waals surface area contributed by atoms with Gasteiger partial charge in [-0.1, -0.05) is 25.5 Å². The number of nitrogens with one attached hydrogen (secondary N) is 2. The lowest BCUT2D eigenvalue weighted by molar-refractivity contribution is 0.0947. The first-order valence-corrected chi connectivity index (χ1v) is 10.1. The van der Waals surface area contributed by atoms with E-state index in [0.717, 1.165) is 61.0 Å². The molecule has 0 saturated carbocycles. The van der Waals surface area contributed by atoms with Crippen molar-refractivity contribution in [2.45, 2.75) is 52.0 Å². The van der Waals surface area contributed by atoms with Crippen molar-refractivity contribution in [1.29, 1.82) is 0 Å². The SMILES string of the molecule is CCCCNn1cc2c(c(C(=O)NCc3ccc(OC)cc3)c1=O)CCCC2. The van der Waals surface area contributed by atoms with Crippen molar-refractivity contribution in [3.8, 4) is 5.75 Å². The van der Waals surface area contributed by atoms with Crippen molar-refractivity contribution < 1.29 is 9.53 Å². The van der Waals surface area contributed by atoms with Gasteiger partial charge in [0.15, 0.2) is 0 Å². The zero-order valence-electron chi connectivity index (χ0n) is 16.7. The Morgan fingerprint density at radius 3 is 2.64 bits per heavy atom. The fraction of sp³-hybridized carbons (Fsp3) is 0.455. The number of carbonyl (C=O) groups excluding carboxylic acids is 1. The Kier molecular flexibility index (Phi) is 6.74. The third-order valence-corrected chi connectivity index (χ3v) is 5.18. The predicted octanol–water partition coefficient (Wildman–Crippen LogP) is 3.01. The Hall–Kier alpha value is -2.76. The van der Waals surface area contributed by atoms with E-state index in [2.05, 4.69) is 17.7 Å². The molecule has 1 heterocycles. The molecular formula is C22H29N3O3. The molecule has 1 aliphatic carbocycles. The van der Waals surface area contributed by atoms with Gasteiger partial charge in [-0.3, -0.25) is 9.59 Å². The summed E-state index contributed by atoms with van der Waals surface area (Å²) in [4.78, 5) is 25.9.